The van der Waals surface area contributed by atoms with Gasteiger partial charge in [-0.2, -0.15) is 0 Å². The Morgan fingerprint density at radius 1 is 1.55 bits per heavy atom. The van der Waals surface area contributed by atoms with Crippen molar-refractivity contribution in [3.05, 3.63) is 21.9 Å². The SMILES string of the molecule is COC(=O)C(C)CN(C)C(=O)c1csc(C#CCN)c1. The quantitative estimate of drug-likeness (QED) is 0.662. The first kappa shape index (κ1) is 16.2. The molecule has 0 radical (unpaired) electrons. The van der Waals surface area contributed by atoms with Gasteiger partial charge in [-0.3, -0.25) is 9.59 Å². The molecule has 1 heterocycles. The average molecular weight is 294 g/mol. The smallest absolute Gasteiger partial charge is 0.310 e. The minimum Gasteiger partial charge on any atom is -0.469 e. The number of ether oxygens (including phenoxy) is 1. The molecule has 2 N–H and O–H groups in total. The normalized spacial score (nSPS) is 11.2. The molecule has 1 atom stereocenters. The molecule has 0 saturated heterocycles. The van der Waals surface area contributed by atoms with E-state index in [0.29, 0.717) is 12.1 Å². The summed E-state index contributed by atoms with van der Waals surface area (Å²) >= 11 is 1.40. The van der Waals surface area contributed by atoms with Gasteiger partial charge in [0.2, 0.25) is 0 Å². The van der Waals surface area contributed by atoms with E-state index in [0.717, 1.165) is 4.88 Å². The van der Waals surface area contributed by atoms with E-state index in [2.05, 4.69) is 16.6 Å². The van der Waals surface area contributed by atoms with Crippen LogP contribution in [0.25, 0.3) is 0 Å². The number of esters is 1. The zero-order valence-corrected chi connectivity index (χ0v) is 12.6. The van der Waals surface area contributed by atoms with Crippen molar-refractivity contribution in [3.8, 4) is 11.8 Å². The number of nitrogens with two attached hydrogens (primary N) is 1. The number of carbonyl (C=O) groups is 2. The van der Waals surface area contributed by atoms with Gasteiger partial charge in [-0.15, -0.1) is 11.3 Å². The Morgan fingerprint density at radius 2 is 2.25 bits per heavy atom. The van der Waals surface area contributed by atoms with E-state index in [9.17, 15) is 9.59 Å². The topological polar surface area (TPSA) is 72.6 Å². The number of amides is 1. The Labute approximate surface area is 122 Å². The Bertz CT molecular complexity index is 542. The summed E-state index contributed by atoms with van der Waals surface area (Å²) in [6.45, 7) is 2.32. The van der Waals surface area contributed by atoms with E-state index < -0.39 is 0 Å². The molecule has 1 rings (SSSR count). The number of rotatable bonds is 4. The van der Waals surface area contributed by atoms with Gasteiger partial charge in [-0.25, -0.2) is 0 Å². The molecule has 0 spiro atoms. The summed E-state index contributed by atoms with van der Waals surface area (Å²) in [5.74, 6) is 4.80. The number of methoxy groups -OCH3 is 1. The summed E-state index contributed by atoms with van der Waals surface area (Å²) in [7, 11) is 2.99. The Kier molecular flexibility index (Phi) is 6.22. The maximum Gasteiger partial charge on any atom is 0.310 e. The highest BCUT2D eigenvalue weighted by Crippen LogP contribution is 2.15. The lowest BCUT2D eigenvalue weighted by atomic mass is 10.1. The monoisotopic (exact) mass is 294 g/mol. The highest BCUT2D eigenvalue weighted by atomic mass is 32.1. The lowest BCUT2D eigenvalue weighted by Crippen LogP contribution is -2.33. The summed E-state index contributed by atoms with van der Waals surface area (Å²) < 4.78 is 4.64. The molecule has 1 aromatic heterocycles. The van der Waals surface area contributed by atoms with Crippen molar-refractivity contribution >= 4 is 23.2 Å². The van der Waals surface area contributed by atoms with Crippen LogP contribution >= 0.6 is 11.3 Å². The lowest BCUT2D eigenvalue weighted by molar-refractivity contribution is -0.145. The minimum atomic E-state index is -0.357. The Balaban J connectivity index is 2.69. The van der Waals surface area contributed by atoms with Crippen LogP contribution in [0.2, 0.25) is 0 Å². The highest BCUT2D eigenvalue weighted by Gasteiger charge is 2.20. The Morgan fingerprint density at radius 3 is 2.85 bits per heavy atom. The number of hydrogen-bond donors (Lipinski definition) is 1. The summed E-state index contributed by atoms with van der Waals surface area (Å²) in [6.07, 6.45) is 0. The molecule has 0 fully saturated rings. The molecule has 0 aliphatic heterocycles. The van der Waals surface area contributed by atoms with Crippen molar-refractivity contribution in [1.82, 2.24) is 4.90 Å². The predicted molar refractivity (Wildman–Crippen MR) is 78.4 cm³/mol. The average Bonchev–Trinajstić information content (AvgIpc) is 2.91. The Hall–Kier alpha value is -1.84. The number of hydrogen-bond acceptors (Lipinski definition) is 5. The molecule has 6 heteroatoms. The third-order valence-electron chi connectivity index (χ3n) is 2.66. The molecule has 20 heavy (non-hydrogen) atoms. The number of thiophene rings is 1. The zero-order valence-electron chi connectivity index (χ0n) is 11.8. The van der Waals surface area contributed by atoms with Crippen LogP contribution in [0.1, 0.15) is 22.2 Å². The predicted octanol–water partition coefficient (Wildman–Crippen LogP) is 0.939. The van der Waals surface area contributed by atoms with Gasteiger partial charge in [0, 0.05) is 19.0 Å². The van der Waals surface area contributed by atoms with E-state index in [1.165, 1.54) is 23.3 Å². The molecule has 108 valence electrons. The van der Waals surface area contributed by atoms with Gasteiger partial charge in [-0.1, -0.05) is 18.8 Å². The second-order valence-electron chi connectivity index (χ2n) is 4.32. The van der Waals surface area contributed by atoms with Gasteiger partial charge in [0.1, 0.15) is 0 Å². The van der Waals surface area contributed by atoms with Crippen molar-refractivity contribution in [2.45, 2.75) is 6.92 Å². The molecular formula is C14H18N2O3S. The van der Waals surface area contributed by atoms with Crippen LogP contribution in [-0.2, 0) is 9.53 Å². The highest BCUT2D eigenvalue weighted by molar-refractivity contribution is 7.10. The van der Waals surface area contributed by atoms with E-state index in [1.807, 2.05) is 0 Å². The molecule has 5 nitrogen and oxygen atoms in total. The molecule has 1 amide bonds. The summed E-state index contributed by atoms with van der Waals surface area (Å²) in [4.78, 5) is 25.8. The number of nitrogens with zero attached hydrogens (tertiary/aromatic N) is 1. The fraction of sp³-hybridized carbons (Fsp3) is 0.429. The van der Waals surface area contributed by atoms with Crippen molar-refractivity contribution < 1.29 is 14.3 Å². The van der Waals surface area contributed by atoms with Gasteiger partial charge < -0.3 is 15.4 Å². The fourth-order valence-electron chi connectivity index (χ4n) is 1.64. The second-order valence-corrected chi connectivity index (χ2v) is 5.23. The molecule has 0 bridgehead atoms. The fourth-order valence-corrected chi connectivity index (χ4v) is 2.39. The van der Waals surface area contributed by atoms with Crippen LogP contribution in [0.15, 0.2) is 11.4 Å². The van der Waals surface area contributed by atoms with Crippen LogP contribution in [0.4, 0.5) is 0 Å². The number of carbonyl (C=O) groups excluding carboxylic acids is 2. The molecule has 0 aliphatic rings. The molecule has 0 saturated carbocycles. The van der Waals surface area contributed by atoms with Gasteiger partial charge in [0.25, 0.3) is 5.91 Å². The van der Waals surface area contributed by atoms with Crippen molar-refractivity contribution in [2.75, 3.05) is 27.2 Å². The van der Waals surface area contributed by atoms with Crippen LogP contribution in [0, 0.1) is 17.8 Å². The van der Waals surface area contributed by atoms with Crippen molar-refractivity contribution in [3.63, 3.8) is 0 Å². The summed E-state index contributed by atoms with van der Waals surface area (Å²) in [5.41, 5.74) is 5.87. The standard InChI is InChI=1S/C14H18N2O3S/c1-10(14(18)19-3)8-16(2)13(17)11-7-12(20-9-11)5-4-6-15/h7,9-10H,6,8,15H2,1-3H3. The van der Waals surface area contributed by atoms with Gasteiger partial charge in [-0.05, 0) is 6.07 Å². The lowest BCUT2D eigenvalue weighted by Gasteiger charge is -2.19. The van der Waals surface area contributed by atoms with Crippen molar-refractivity contribution in [2.24, 2.45) is 11.7 Å². The maximum atomic E-state index is 12.2. The third-order valence-corrected chi connectivity index (χ3v) is 3.50. The van der Waals surface area contributed by atoms with E-state index in [4.69, 9.17) is 5.73 Å². The first-order chi connectivity index (χ1) is 9.49. The van der Waals surface area contributed by atoms with Crippen LogP contribution in [0.5, 0.6) is 0 Å². The van der Waals surface area contributed by atoms with Crippen LogP contribution in [0.3, 0.4) is 0 Å². The van der Waals surface area contributed by atoms with E-state index >= 15 is 0 Å². The molecular weight excluding hydrogens is 276 g/mol. The summed E-state index contributed by atoms with van der Waals surface area (Å²) in [6, 6.07) is 1.73. The van der Waals surface area contributed by atoms with Crippen LogP contribution in [-0.4, -0.2) is 44.0 Å². The minimum absolute atomic E-state index is 0.141. The van der Waals surface area contributed by atoms with E-state index in [1.54, 1.807) is 25.4 Å². The first-order valence-corrected chi connectivity index (χ1v) is 6.98. The summed E-state index contributed by atoms with van der Waals surface area (Å²) in [5, 5.41) is 1.75. The van der Waals surface area contributed by atoms with Crippen LogP contribution < -0.4 is 5.73 Å². The van der Waals surface area contributed by atoms with Gasteiger partial charge in [0.15, 0.2) is 0 Å². The molecule has 0 aromatic carbocycles. The van der Waals surface area contributed by atoms with Gasteiger partial charge in [0.05, 0.1) is 30.0 Å². The van der Waals surface area contributed by atoms with Crippen molar-refractivity contribution in [1.29, 1.82) is 0 Å². The third kappa shape index (κ3) is 4.37. The maximum absolute atomic E-state index is 12.2. The largest absolute Gasteiger partial charge is 0.469 e. The molecule has 0 aliphatic carbocycles. The first-order valence-electron chi connectivity index (χ1n) is 6.10. The van der Waals surface area contributed by atoms with Gasteiger partial charge >= 0.3 is 5.97 Å². The second kappa shape index (κ2) is 7.68. The molecule has 1 aromatic rings. The zero-order chi connectivity index (χ0) is 15.1. The van der Waals surface area contributed by atoms with E-state index in [-0.39, 0.29) is 24.3 Å². The molecule has 1 unspecified atom stereocenters.